The molecule has 1 aromatic carbocycles. The van der Waals surface area contributed by atoms with Crippen LogP contribution in [0.5, 0.6) is 5.75 Å². The van der Waals surface area contributed by atoms with Gasteiger partial charge in [0, 0.05) is 27.1 Å². The molecule has 28 heavy (non-hydrogen) atoms. The molecule has 3 aromatic rings. The Morgan fingerprint density at radius 3 is 2.32 bits per heavy atom. The number of sulfonamides is 1. The van der Waals surface area contributed by atoms with Crippen molar-refractivity contribution in [3.63, 3.8) is 0 Å². The van der Waals surface area contributed by atoms with Crippen molar-refractivity contribution in [2.75, 3.05) is 11.8 Å². The van der Waals surface area contributed by atoms with Crippen molar-refractivity contribution in [2.24, 2.45) is 0 Å². The van der Waals surface area contributed by atoms with Crippen LogP contribution in [0.2, 0.25) is 0 Å². The van der Waals surface area contributed by atoms with Gasteiger partial charge >= 0.3 is 6.18 Å². The maximum atomic E-state index is 13.0. The number of aromatic nitrogens is 1. The number of alkyl halides is 3. The van der Waals surface area contributed by atoms with E-state index in [-0.39, 0.29) is 21.8 Å². The lowest BCUT2D eigenvalue weighted by molar-refractivity contribution is -0.155. The van der Waals surface area contributed by atoms with Gasteiger partial charge in [-0.15, -0.1) is 11.3 Å². The number of thiophene rings is 1. The molecule has 0 radical (unpaired) electrons. The smallest absolute Gasteiger partial charge is 0.452 e. The van der Waals surface area contributed by atoms with Crippen LogP contribution in [-0.4, -0.2) is 20.7 Å². The number of nitrogens with zero attached hydrogens (tertiary/aromatic N) is 1. The van der Waals surface area contributed by atoms with E-state index in [9.17, 15) is 21.6 Å². The second-order valence-electron chi connectivity index (χ2n) is 5.83. The lowest BCUT2D eigenvalue weighted by Gasteiger charge is -2.10. The number of anilines is 1. The van der Waals surface area contributed by atoms with Gasteiger partial charge in [-0.1, -0.05) is 5.16 Å². The fraction of sp³-hybridized carbons (Fsp3) is 0.235. The van der Waals surface area contributed by atoms with Gasteiger partial charge in [0.1, 0.15) is 16.3 Å². The molecule has 2 aromatic heterocycles. The van der Waals surface area contributed by atoms with E-state index in [1.165, 1.54) is 19.2 Å². The summed E-state index contributed by atoms with van der Waals surface area (Å²) in [5.41, 5.74) is 0.179. The standard InChI is InChI=1S/C17H15F3N2O4S2/c1-9-15(13-8-14(26-21-13)17(18,19)20)16(10(2)27-9)28(23,24)22-11-4-6-12(25-3)7-5-11/h4-8,22H,1-3H3. The van der Waals surface area contributed by atoms with Crippen LogP contribution in [0, 0.1) is 13.8 Å². The summed E-state index contributed by atoms with van der Waals surface area (Å²) < 4.78 is 76.3. The number of hydrogen-bond acceptors (Lipinski definition) is 6. The average molecular weight is 432 g/mol. The minimum absolute atomic E-state index is 0.0859. The van der Waals surface area contributed by atoms with Crippen molar-refractivity contribution >= 4 is 27.0 Å². The molecule has 2 heterocycles. The lowest BCUT2D eigenvalue weighted by atomic mass is 10.1. The van der Waals surface area contributed by atoms with Crippen molar-refractivity contribution in [1.29, 1.82) is 0 Å². The van der Waals surface area contributed by atoms with Gasteiger partial charge in [0.25, 0.3) is 10.0 Å². The van der Waals surface area contributed by atoms with Gasteiger partial charge in [-0.05, 0) is 38.1 Å². The summed E-state index contributed by atoms with van der Waals surface area (Å²) in [5.74, 6) is -0.745. The molecule has 0 saturated heterocycles. The summed E-state index contributed by atoms with van der Waals surface area (Å²) in [6, 6.07) is 6.89. The van der Waals surface area contributed by atoms with E-state index >= 15 is 0 Å². The van der Waals surface area contributed by atoms with E-state index in [0.717, 1.165) is 11.3 Å². The molecule has 0 aliphatic rings. The third kappa shape index (κ3) is 3.85. The minimum Gasteiger partial charge on any atom is -0.497 e. The van der Waals surface area contributed by atoms with Gasteiger partial charge in [0.15, 0.2) is 0 Å². The maximum absolute atomic E-state index is 13.0. The average Bonchev–Trinajstić information content (AvgIpc) is 3.19. The highest BCUT2D eigenvalue weighted by Gasteiger charge is 2.37. The molecule has 0 atom stereocenters. The minimum atomic E-state index is -4.72. The van der Waals surface area contributed by atoms with E-state index < -0.39 is 22.0 Å². The Kier molecular flexibility index (Phi) is 5.15. The van der Waals surface area contributed by atoms with Crippen molar-refractivity contribution < 1.29 is 30.8 Å². The number of hydrogen-bond donors (Lipinski definition) is 1. The number of aryl methyl sites for hydroxylation is 2. The molecule has 0 spiro atoms. The molecular weight excluding hydrogens is 417 g/mol. The van der Waals surface area contributed by atoms with Crippen molar-refractivity contribution in [3.05, 3.63) is 45.8 Å². The molecule has 1 N–H and O–H groups in total. The number of benzene rings is 1. The van der Waals surface area contributed by atoms with E-state index in [1.54, 1.807) is 26.0 Å². The zero-order chi connectivity index (χ0) is 20.7. The maximum Gasteiger partial charge on any atom is 0.452 e. The number of ether oxygens (including phenoxy) is 1. The Morgan fingerprint density at radius 2 is 1.79 bits per heavy atom. The summed E-state index contributed by atoms with van der Waals surface area (Å²) >= 11 is 1.15. The predicted octanol–water partition coefficient (Wildman–Crippen LogP) is 4.85. The molecule has 0 amide bonds. The molecule has 0 saturated carbocycles. The van der Waals surface area contributed by atoms with Gasteiger partial charge < -0.3 is 9.26 Å². The highest BCUT2D eigenvalue weighted by molar-refractivity contribution is 7.93. The molecule has 150 valence electrons. The number of methoxy groups -OCH3 is 1. The van der Waals surface area contributed by atoms with E-state index in [0.29, 0.717) is 21.6 Å². The zero-order valence-corrected chi connectivity index (χ0v) is 16.6. The quantitative estimate of drug-likeness (QED) is 0.623. The Bertz CT molecular complexity index is 1100. The summed E-state index contributed by atoms with van der Waals surface area (Å²) in [5, 5.41) is 3.43. The van der Waals surface area contributed by atoms with Gasteiger partial charge in [-0.25, -0.2) is 8.42 Å². The fourth-order valence-electron chi connectivity index (χ4n) is 2.68. The van der Waals surface area contributed by atoms with Crippen molar-refractivity contribution in [3.8, 4) is 17.0 Å². The van der Waals surface area contributed by atoms with Gasteiger partial charge in [0.2, 0.25) is 5.76 Å². The monoisotopic (exact) mass is 432 g/mol. The Morgan fingerprint density at radius 1 is 1.14 bits per heavy atom. The van der Waals surface area contributed by atoms with Gasteiger partial charge in [0.05, 0.1) is 7.11 Å². The normalized spacial score (nSPS) is 12.2. The van der Waals surface area contributed by atoms with Gasteiger partial charge in [-0.3, -0.25) is 4.72 Å². The number of nitrogens with one attached hydrogen (secondary N) is 1. The number of rotatable bonds is 5. The zero-order valence-electron chi connectivity index (χ0n) is 14.9. The Balaban J connectivity index is 2.05. The van der Waals surface area contributed by atoms with E-state index in [1.807, 2.05) is 0 Å². The SMILES string of the molecule is COc1ccc(NS(=O)(=O)c2c(C)sc(C)c2-c2cc(C(F)(F)F)on2)cc1. The molecule has 0 fully saturated rings. The van der Waals surface area contributed by atoms with Crippen LogP contribution in [-0.2, 0) is 16.2 Å². The summed E-state index contributed by atoms with van der Waals surface area (Å²) in [4.78, 5) is 0.799. The molecule has 0 unspecified atom stereocenters. The van der Waals surface area contributed by atoms with Crippen LogP contribution in [0.25, 0.3) is 11.3 Å². The van der Waals surface area contributed by atoms with Crippen LogP contribution in [0.3, 0.4) is 0 Å². The Labute approximate surface area is 163 Å². The second-order valence-corrected chi connectivity index (χ2v) is 8.87. The molecule has 0 bridgehead atoms. The third-order valence-electron chi connectivity index (χ3n) is 3.86. The first-order chi connectivity index (χ1) is 13.0. The molecule has 3 rings (SSSR count). The third-order valence-corrected chi connectivity index (χ3v) is 6.56. The molecule has 0 aliphatic carbocycles. The van der Waals surface area contributed by atoms with Crippen LogP contribution in [0.4, 0.5) is 18.9 Å². The first-order valence-electron chi connectivity index (χ1n) is 7.84. The van der Waals surface area contributed by atoms with Crippen LogP contribution in [0.15, 0.2) is 39.8 Å². The Hall–Kier alpha value is -2.53. The van der Waals surface area contributed by atoms with Crippen LogP contribution in [0.1, 0.15) is 15.5 Å². The van der Waals surface area contributed by atoms with Crippen LogP contribution >= 0.6 is 11.3 Å². The topological polar surface area (TPSA) is 81.4 Å². The largest absolute Gasteiger partial charge is 0.497 e. The summed E-state index contributed by atoms with van der Waals surface area (Å²) in [6.45, 7) is 3.19. The lowest BCUT2D eigenvalue weighted by Crippen LogP contribution is -2.14. The molecule has 0 aliphatic heterocycles. The van der Waals surface area contributed by atoms with Crippen molar-refractivity contribution in [1.82, 2.24) is 5.16 Å². The first kappa shape index (κ1) is 20.2. The molecular formula is C17H15F3N2O4S2. The first-order valence-corrected chi connectivity index (χ1v) is 10.1. The van der Waals surface area contributed by atoms with E-state index in [2.05, 4.69) is 14.4 Å². The van der Waals surface area contributed by atoms with Crippen molar-refractivity contribution in [2.45, 2.75) is 24.9 Å². The fourth-order valence-corrected chi connectivity index (χ4v) is 5.61. The summed E-state index contributed by atoms with van der Waals surface area (Å²) in [7, 11) is -2.61. The van der Waals surface area contributed by atoms with E-state index in [4.69, 9.17) is 4.74 Å². The molecule has 6 nitrogen and oxygen atoms in total. The highest BCUT2D eigenvalue weighted by atomic mass is 32.2. The summed E-state index contributed by atoms with van der Waals surface area (Å²) in [6.07, 6.45) is -4.72. The molecule has 11 heteroatoms. The van der Waals surface area contributed by atoms with Gasteiger partial charge in [-0.2, -0.15) is 13.2 Å². The second kappa shape index (κ2) is 7.13. The predicted molar refractivity (Wildman–Crippen MR) is 98.1 cm³/mol. The van der Waals surface area contributed by atoms with Crippen LogP contribution < -0.4 is 9.46 Å². The number of halogens is 3. The highest BCUT2D eigenvalue weighted by Crippen LogP contribution is 2.41.